The minimum Gasteiger partial charge on any atom is -0.469 e. The van der Waals surface area contributed by atoms with Crippen LogP contribution in [0.4, 0.5) is 0 Å². The van der Waals surface area contributed by atoms with E-state index in [0.29, 0.717) is 22.8 Å². The molecular weight excluding hydrogens is 364 g/mol. The Balaban J connectivity index is 1.49. The van der Waals surface area contributed by atoms with Crippen molar-refractivity contribution >= 4 is 5.91 Å². The van der Waals surface area contributed by atoms with E-state index in [2.05, 4.69) is 10.3 Å². The van der Waals surface area contributed by atoms with E-state index in [0.717, 1.165) is 24.2 Å². The number of oxazole rings is 1. The standard InChI is InChI=1S/C24H22N2O3/c1-17(13-14-19-10-7-15-28-19)26-23(27)20-11-5-6-12-21(20)24-25-16-22(29-24)18-8-3-2-4-9-18/h2-12,15-17H,13-14H2,1H3,(H,26,27). The predicted octanol–water partition coefficient (Wildman–Crippen LogP) is 5.35. The highest BCUT2D eigenvalue weighted by atomic mass is 16.4. The summed E-state index contributed by atoms with van der Waals surface area (Å²) < 4.78 is 11.3. The molecule has 1 N–H and O–H groups in total. The Hall–Kier alpha value is -3.60. The van der Waals surface area contributed by atoms with E-state index in [1.165, 1.54) is 0 Å². The molecule has 1 amide bonds. The predicted molar refractivity (Wildman–Crippen MR) is 111 cm³/mol. The van der Waals surface area contributed by atoms with Crippen LogP contribution in [0, 0.1) is 0 Å². The van der Waals surface area contributed by atoms with E-state index < -0.39 is 0 Å². The first-order valence-electron chi connectivity index (χ1n) is 9.64. The number of nitrogens with one attached hydrogen (secondary N) is 1. The first-order valence-corrected chi connectivity index (χ1v) is 9.64. The Morgan fingerprint density at radius 3 is 2.62 bits per heavy atom. The van der Waals surface area contributed by atoms with Crippen LogP contribution in [0.15, 0.2) is 88.0 Å². The Kier molecular flexibility index (Phi) is 5.56. The van der Waals surface area contributed by atoms with Gasteiger partial charge in [-0.25, -0.2) is 4.98 Å². The normalized spacial score (nSPS) is 11.9. The average molecular weight is 386 g/mol. The summed E-state index contributed by atoms with van der Waals surface area (Å²) in [5.41, 5.74) is 2.16. The molecule has 0 bridgehead atoms. The van der Waals surface area contributed by atoms with Gasteiger partial charge in [0.15, 0.2) is 5.76 Å². The molecule has 2 aromatic heterocycles. The summed E-state index contributed by atoms with van der Waals surface area (Å²) in [5, 5.41) is 3.06. The van der Waals surface area contributed by atoms with Gasteiger partial charge in [-0.2, -0.15) is 0 Å². The summed E-state index contributed by atoms with van der Waals surface area (Å²) in [5.74, 6) is 1.87. The van der Waals surface area contributed by atoms with E-state index in [9.17, 15) is 4.79 Å². The largest absolute Gasteiger partial charge is 0.469 e. The summed E-state index contributed by atoms with van der Waals surface area (Å²) in [6, 6.07) is 20.9. The molecule has 4 rings (SSSR count). The third-order valence-corrected chi connectivity index (χ3v) is 4.75. The minimum atomic E-state index is -0.146. The molecule has 2 heterocycles. The second-order valence-electron chi connectivity index (χ2n) is 6.93. The lowest BCUT2D eigenvalue weighted by molar-refractivity contribution is 0.0938. The highest BCUT2D eigenvalue weighted by Crippen LogP contribution is 2.28. The number of carbonyl (C=O) groups excluding carboxylic acids is 1. The number of aromatic nitrogens is 1. The van der Waals surface area contributed by atoms with Crippen molar-refractivity contribution in [3.63, 3.8) is 0 Å². The second-order valence-corrected chi connectivity index (χ2v) is 6.93. The van der Waals surface area contributed by atoms with Crippen LogP contribution in [0.2, 0.25) is 0 Å². The molecule has 0 radical (unpaired) electrons. The van der Waals surface area contributed by atoms with Crippen LogP contribution >= 0.6 is 0 Å². The molecule has 5 nitrogen and oxygen atoms in total. The fourth-order valence-electron chi connectivity index (χ4n) is 3.19. The van der Waals surface area contributed by atoms with Crippen LogP contribution in [-0.4, -0.2) is 16.9 Å². The zero-order chi connectivity index (χ0) is 20.1. The number of aryl methyl sites for hydroxylation is 1. The molecule has 0 spiro atoms. The van der Waals surface area contributed by atoms with E-state index in [1.807, 2.05) is 67.6 Å². The van der Waals surface area contributed by atoms with Gasteiger partial charge in [-0.3, -0.25) is 4.79 Å². The van der Waals surface area contributed by atoms with Crippen molar-refractivity contribution < 1.29 is 13.6 Å². The maximum absolute atomic E-state index is 12.9. The van der Waals surface area contributed by atoms with Gasteiger partial charge in [-0.15, -0.1) is 0 Å². The molecule has 0 aliphatic carbocycles. The van der Waals surface area contributed by atoms with Gasteiger partial charge in [-0.1, -0.05) is 42.5 Å². The van der Waals surface area contributed by atoms with Crippen LogP contribution in [0.5, 0.6) is 0 Å². The van der Waals surface area contributed by atoms with Crippen LogP contribution in [0.25, 0.3) is 22.8 Å². The molecule has 0 saturated heterocycles. The molecule has 1 atom stereocenters. The summed E-state index contributed by atoms with van der Waals surface area (Å²) >= 11 is 0. The molecule has 0 fully saturated rings. The molecule has 29 heavy (non-hydrogen) atoms. The lowest BCUT2D eigenvalue weighted by Gasteiger charge is -2.14. The van der Waals surface area contributed by atoms with E-state index in [-0.39, 0.29) is 11.9 Å². The monoisotopic (exact) mass is 386 g/mol. The second kappa shape index (κ2) is 8.61. The van der Waals surface area contributed by atoms with Crippen LogP contribution < -0.4 is 5.32 Å². The third-order valence-electron chi connectivity index (χ3n) is 4.75. The molecule has 4 aromatic rings. The molecule has 1 unspecified atom stereocenters. The first kappa shape index (κ1) is 18.7. The van der Waals surface area contributed by atoms with Gasteiger partial charge in [0.25, 0.3) is 5.91 Å². The maximum atomic E-state index is 12.9. The van der Waals surface area contributed by atoms with Gasteiger partial charge < -0.3 is 14.2 Å². The Morgan fingerprint density at radius 2 is 1.83 bits per heavy atom. The molecule has 5 heteroatoms. The van der Waals surface area contributed by atoms with Crippen molar-refractivity contribution in [2.24, 2.45) is 0 Å². The van der Waals surface area contributed by atoms with Crippen molar-refractivity contribution in [3.05, 3.63) is 90.5 Å². The maximum Gasteiger partial charge on any atom is 0.252 e. The SMILES string of the molecule is CC(CCc1ccco1)NC(=O)c1ccccc1-c1ncc(-c2ccccc2)o1. The van der Waals surface area contributed by atoms with E-state index in [1.54, 1.807) is 18.5 Å². The molecule has 0 aliphatic rings. The number of carbonyl (C=O) groups is 1. The summed E-state index contributed by atoms with van der Waals surface area (Å²) in [6.45, 7) is 1.99. The lowest BCUT2D eigenvalue weighted by atomic mass is 10.1. The van der Waals surface area contributed by atoms with E-state index in [4.69, 9.17) is 8.83 Å². The van der Waals surface area contributed by atoms with Crippen molar-refractivity contribution in [2.75, 3.05) is 0 Å². The summed E-state index contributed by atoms with van der Waals surface area (Å²) in [4.78, 5) is 17.3. The van der Waals surface area contributed by atoms with Gasteiger partial charge in [0.05, 0.1) is 18.0 Å². The van der Waals surface area contributed by atoms with Crippen molar-refractivity contribution in [1.82, 2.24) is 10.3 Å². The van der Waals surface area contributed by atoms with Crippen LogP contribution in [-0.2, 0) is 6.42 Å². The smallest absolute Gasteiger partial charge is 0.252 e. The van der Waals surface area contributed by atoms with Crippen LogP contribution in [0.1, 0.15) is 29.5 Å². The molecule has 146 valence electrons. The number of hydrogen-bond acceptors (Lipinski definition) is 4. The highest BCUT2D eigenvalue weighted by molar-refractivity contribution is 6.00. The van der Waals surface area contributed by atoms with Gasteiger partial charge in [0.1, 0.15) is 5.76 Å². The van der Waals surface area contributed by atoms with Crippen molar-refractivity contribution in [1.29, 1.82) is 0 Å². The topological polar surface area (TPSA) is 68.3 Å². The number of rotatable bonds is 7. The zero-order valence-corrected chi connectivity index (χ0v) is 16.2. The van der Waals surface area contributed by atoms with E-state index >= 15 is 0 Å². The third kappa shape index (κ3) is 4.46. The fraction of sp³-hybridized carbons (Fsp3) is 0.167. The summed E-state index contributed by atoms with van der Waals surface area (Å²) in [7, 11) is 0. The Labute approximate surface area is 169 Å². The van der Waals surface area contributed by atoms with Crippen molar-refractivity contribution in [3.8, 4) is 22.8 Å². The van der Waals surface area contributed by atoms with Gasteiger partial charge in [0, 0.05) is 23.6 Å². The number of hydrogen-bond donors (Lipinski definition) is 1. The quantitative estimate of drug-likeness (QED) is 0.465. The fourth-order valence-corrected chi connectivity index (χ4v) is 3.19. The van der Waals surface area contributed by atoms with Crippen molar-refractivity contribution in [2.45, 2.75) is 25.8 Å². The Morgan fingerprint density at radius 1 is 1.03 bits per heavy atom. The summed E-state index contributed by atoms with van der Waals surface area (Å²) in [6.07, 6.45) is 4.91. The zero-order valence-electron chi connectivity index (χ0n) is 16.2. The highest BCUT2D eigenvalue weighted by Gasteiger charge is 2.18. The van der Waals surface area contributed by atoms with Gasteiger partial charge in [0.2, 0.25) is 5.89 Å². The number of benzene rings is 2. The average Bonchev–Trinajstić information content (AvgIpc) is 3.45. The lowest BCUT2D eigenvalue weighted by Crippen LogP contribution is -2.33. The molecule has 0 saturated carbocycles. The molecule has 2 aromatic carbocycles. The molecule has 0 aliphatic heterocycles. The Bertz CT molecular complexity index is 1070. The number of furan rings is 1. The molecular formula is C24H22N2O3. The number of amides is 1. The number of nitrogens with zero attached hydrogens (tertiary/aromatic N) is 1. The van der Waals surface area contributed by atoms with Gasteiger partial charge >= 0.3 is 0 Å². The minimum absolute atomic E-state index is 0.00472. The first-order chi connectivity index (χ1) is 14.2. The van der Waals surface area contributed by atoms with Gasteiger partial charge in [-0.05, 0) is 37.6 Å². The van der Waals surface area contributed by atoms with Crippen LogP contribution in [0.3, 0.4) is 0 Å².